The number of hydrogen-bond donors (Lipinski definition) is 1. The lowest BCUT2D eigenvalue weighted by molar-refractivity contribution is -0.303. The van der Waals surface area contributed by atoms with Crippen molar-refractivity contribution in [2.45, 2.75) is 40.2 Å². The third-order valence-electron chi connectivity index (χ3n) is 2.59. The summed E-state index contributed by atoms with van der Waals surface area (Å²) in [6.45, 7) is 9.73. The Hall–Kier alpha value is -1.22. The number of carbonyl (C=O) groups is 2. The van der Waals surface area contributed by atoms with Crippen molar-refractivity contribution in [3.05, 3.63) is 0 Å². The fourth-order valence-electron chi connectivity index (χ4n) is 1.44. The Balaban J connectivity index is 3.18. The molecule has 0 spiro atoms. The summed E-state index contributed by atoms with van der Waals surface area (Å²) >= 11 is 0. The Morgan fingerprint density at radius 2 is 1.42 bits per heavy atom. The molecule has 142 valence electrons. The monoisotopic (exact) mass is 349 g/mol. The molecule has 0 saturated heterocycles. The zero-order valence-electron chi connectivity index (χ0n) is 15.2. The lowest BCUT2D eigenvalue weighted by Gasteiger charge is -2.09. The van der Waals surface area contributed by atoms with Crippen LogP contribution < -0.4 is 5.32 Å². The quantitative estimate of drug-likeness (QED) is 0.205. The number of carbonyl (C=O) groups excluding carboxylic acids is 2. The zero-order chi connectivity index (χ0) is 18.2. The largest absolute Gasteiger partial charge is 0.463 e. The van der Waals surface area contributed by atoms with E-state index in [-0.39, 0.29) is 36.9 Å². The number of esters is 1. The van der Waals surface area contributed by atoms with Crippen LogP contribution in [0, 0.1) is 5.92 Å². The highest BCUT2D eigenvalue weighted by atomic mass is 17.2. The molecule has 0 aromatic carbocycles. The molecule has 0 bridgehead atoms. The van der Waals surface area contributed by atoms with Gasteiger partial charge in [0.15, 0.2) is 0 Å². The second-order valence-corrected chi connectivity index (χ2v) is 5.60. The van der Waals surface area contributed by atoms with Gasteiger partial charge in [0.25, 0.3) is 0 Å². The SMILES string of the molecule is CC(C)OC(=O)CCOCCOOCCOCCNC(=O)C(C)C. The van der Waals surface area contributed by atoms with Crippen LogP contribution in [-0.4, -0.2) is 64.2 Å². The molecule has 0 atom stereocenters. The summed E-state index contributed by atoms with van der Waals surface area (Å²) < 4.78 is 15.4. The van der Waals surface area contributed by atoms with Gasteiger partial charge in [-0.05, 0) is 13.8 Å². The first-order valence-corrected chi connectivity index (χ1v) is 8.30. The summed E-state index contributed by atoms with van der Waals surface area (Å²) in [7, 11) is 0. The van der Waals surface area contributed by atoms with Gasteiger partial charge in [0.2, 0.25) is 5.91 Å². The predicted molar refractivity (Wildman–Crippen MR) is 87.2 cm³/mol. The second kappa shape index (κ2) is 15.3. The summed E-state index contributed by atoms with van der Waals surface area (Å²) in [6.07, 6.45) is 0.114. The highest BCUT2D eigenvalue weighted by molar-refractivity contribution is 5.77. The zero-order valence-corrected chi connectivity index (χ0v) is 15.2. The van der Waals surface area contributed by atoms with E-state index in [0.717, 1.165) is 0 Å². The molecule has 0 aliphatic carbocycles. The first-order valence-electron chi connectivity index (χ1n) is 8.30. The van der Waals surface area contributed by atoms with E-state index in [1.807, 2.05) is 13.8 Å². The molecular formula is C16H31NO7. The minimum atomic E-state index is -0.274. The molecule has 0 aromatic heterocycles. The van der Waals surface area contributed by atoms with Gasteiger partial charge < -0.3 is 19.5 Å². The number of rotatable bonds is 15. The number of ether oxygens (including phenoxy) is 3. The van der Waals surface area contributed by atoms with Crippen molar-refractivity contribution in [3.63, 3.8) is 0 Å². The van der Waals surface area contributed by atoms with Crippen molar-refractivity contribution in [3.8, 4) is 0 Å². The normalized spacial score (nSPS) is 11.1. The summed E-state index contributed by atoms with van der Waals surface area (Å²) in [5, 5.41) is 2.75. The molecule has 1 N–H and O–H groups in total. The van der Waals surface area contributed by atoms with Gasteiger partial charge in [0.05, 0.1) is 39.0 Å². The molecule has 0 unspecified atom stereocenters. The van der Waals surface area contributed by atoms with Gasteiger partial charge in [0.1, 0.15) is 13.2 Å². The van der Waals surface area contributed by atoms with Crippen LogP contribution in [0.3, 0.4) is 0 Å². The number of hydrogen-bond acceptors (Lipinski definition) is 7. The molecule has 0 saturated carbocycles. The molecule has 0 aromatic rings. The van der Waals surface area contributed by atoms with E-state index >= 15 is 0 Å². The van der Waals surface area contributed by atoms with Crippen molar-refractivity contribution in [1.29, 1.82) is 0 Å². The highest BCUT2D eigenvalue weighted by Crippen LogP contribution is 1.94. The van der Waals surface area contributed by atoms with Gasteiger partial charge >= 0.3 is 5.97 Å². The van der Waals surface area contributed by atoms with Gasteiger partial charge in [-0.2, -0.15) is 0 Å². The Labute approximate surface area is 144 Å². The average Bonchev–Trinajstić information content (AvgIpc) is 2.50. The van der Waals surface area contributed by atoms with Gasteiger partial charge in [-0.25, -0.2) is 9.78 Å². The van der Waals surface area contributed by atoms with Crippen LogP contribution in [0.15, 0.2) is 0 Å². The maximum atomic E-state index is 11.3. The maximum absolute atomic E-state index is 11.3. The standard InChI is InChI=1S/C16H31NO7/c1-13(2)16(19)17-6-8-21-10-12-23-22-11-9-20-7-5-15(18)24-14(3)4/h13-14H,5-12H2,1-4H3,(H,17,19). The summed E-state index contributed by atoms with van der Waals surface area (Å²) in [6, 6.07) is 0. The van der Waals surface area contributed by atoms with Crippen LogP contribution in [0.1, 0.15) is 34.1 Å². The van der Waals surface area contributed by atoms with E-state index in [4.69, 9.17) is 24.0 Å². The van der Waals surface area contributed by atoms with Gasteiger partial charge in [-0.15, -0.1) is 0 Å². The first kappa shape index (κ1) is 22.8. The highest BCUT2D eigenvalue weighted by Gasteiger charge is 2.05. The predicted octanol–water partition coefficient (Wildman–Crippen LogP) is 1.08. The molecule has 0 aliphatic rings. The Morgan fingerprint density at radius 3 is 1.96 bits per heavy atom. The molecule has 1 amide bonds. The minimum Gasteiger partial charge on any atom is -0.463 e. The third-order valence-corrected chi connectivity index (χ3v) is 2.59. The minimum absolute atomic E-state index is 0.00986. The molecule has 0 rings (SSSR count). The molecule has 0 aliphatic heterocycles. The average molecular weight is 349 g/mol. The molecule has 0 radical (unpaired) electrons. The van der Waals surface area contributed by atoms with Gasteiger partial charge in [0, 0.05) is 12.5 Å². The van der Waals surface area contributed by atoms with Crippen LogP contribution in [0.5, 0.6) is 0 Å². The van der Waals surface area contributed by atoms with Crippen LogP contribution in [0.4, 0.5) is 0 Å². The fraction of sp³-hybridized carbons (Fsp3) is 0.875. The second-order valence-electron chi connectivity index (χ2n) is 5.60. The van der Waals surface area contributed by atoms with E-state index in [1.165, 1.54) is 0 Å². The molecule has 8 nitrogen and oxygen atoms in total. The molecule has 0 heterocycles. The number of amides is 1. The Kier molecular flexibility index (Phi) is 14.5. The topological polar surface area (TPSA) is 92.3 Å². The summed E-state index contributed by atoms with van der Waals surface area (Å²) in [5.74, 6) is -0.288. The Morgan fingerprint density at radius 1 is 0.833 bits per heavy atom. The first-order chi connectivity index (χ1) is 11.4. The van der Waals surface area contributed by atoms with E-state index in [1.54, 1.807) is 13.8 Å². The third kappa shape index (κ3) is 15.7. The molecule has 8 heteroatoms. The van der Waals surface area contributed by atoms with Crippen molar-refractivity contribution in [1.82, 2.24) is 5.32 Å². The van der Waals surface area contributed by atoms with Crippen LogP contribution >= 0.6 is 0 Å². The maximum Gasteiger partial charge on any atom is 0.308 e. The van der Waals surface area contributed by atoms with E-state index in [0.29, 0.717) is 39.6 Å². The van der Waals surface area contributed by atoms with E-state index < -0.39 is 0 Å². The van der Waals surface area contributed by atoms with Gasteiger partial charge in [-0.1, -0.05) is 13.8 Å². The Bertz CT molecular complexity index is 334. The van der Waals surface area contributed by atoms with E-state index in [9.17, 15) is 9.59 Å². The lowest BCUT2D eigenvalue weighted by Crippen LogP contribution is -2.31. The van der Waals surface area contributed by atoms with Crippen molar-refractivity contribution in [2.75, 3.05) is 46.2 Å². The smallest absolute Gasteiger partial charge is 0.308 e. The summed E-state index contributed by atoms with van der Waals surface area (Å²) in [5.41, 5.74) is 0. The van der Waals surface area contributed by atoms with Crippen LogP contribution in [-0.2, 0) is 33.6 Å². The summed E-state index contributed by atoms with van der Waals surface area (Å²) in [4.78, 5) is 32.3. The lowest BCUT2D eigenvalue weighted by atomic mass is 10.2. The fourth-order valence-corrected chi connectivity index (χ4v) is 1.44. The van der Waals surface area contributed by atoms with Gasteiger partial charge in [-0.3, -0.25) is 9.59 Å². The van der Waals surface area contributed by atoms with E-state index in [2.05, 4.69) is 5.32 Å². The van der Waals surface area contributed by atoms with Crippen molar-refractivity contribution < 1.29 is 33.6 Å². The van der Waals surface area contributed by atoms with Crippen LogP contribution in [0.2, 0.25) is 0 Å². The number of nitrogens with one attached hydrogen (secondary N) is 1. The molecule has 0 fully saturated rings. The van der Waals surface area contributed by atoms with Crippen molar-refractivity contribution >= 4 is 11.9 Å². The van der Waals surface area contributed by atoms with Crippen molar-refractivity contribution in [2.24, 2.45) is 5.92 Å². The molecule has 24 heavy (non-hydrogen) atoms. The van der Waals surface area contributed by atoms with Crippen LogP contribution in [0.25, 0.3) is 0 Å². The molecular weight excluding hydrogens is 318 g/mol.